The van der Waals surface area contributed by atoms with Crippen LogP contribution < -0.4 is 11.1 Å². The van der Waals surface area contributed by atoms with Crippen LogP contribution in [0.2, 0.25) is 0 Å². The van der Waals surface area contributed by atoms with Gasteiger partial charge < -0.3 is 20.5 Å². The molecule has 1 aliphatic heterocycles. The second-order valence-electron chi connectivity index (χ2n) is 7.15. The lowest BCUT2D eigenvalue weighted by Gasteiger charge is -2.59. The monoisotopic (exact) mass is 468 g/mol. The van der Waals surface area contributed by atoms with Crippen LogP contribution in [-0.2, 0) is 9.47 Å². The second kappa shape index (κ2) is 10.9. The summed E-state index contributed by atoms with van der Waals surface area (Å²) in [6, 6.07) is 0.348. The topological polar surface area (TPSA) is 72.1 Å². The van der Waals surface area contributed by atoms with Gasteiger partial charge in [-0.15, -0.1) is 24.0 Å². The first kappa shape index (κ1) is 22.9. The number of halogens is 1. The fraction of sp³-hybridized carbons (Fsp3) is 0.944. The van der Waals surface area contributed by atoms with Crippen LogP contribution in [0.5, 0.6) is 0 Å². The molecule has 148 valence electrons. The van der Waals surface area contributed by atoms with Crippen molar-refractivity contribution in [1.29, 1.82) is 0 Å². The molecular formula is C18H37IN4O2. The maximum atomic E-state index is 6.15. The molecule has 25 heavy (non-hydrogen) atoms. The van der Waals surface area contributed by atoms with Crippen molar-refractivity contribution in [2.75, 3.05) is 46.5 Å². The number of hydrogen-bond acceptors (Lipinski definition) is 4. The van der Waals surface area contributed by atoms with E-state index in [0.717, 1.165) is 58.7 Å². The van der Waals surface area contributed by atoms with Gasteiger partial charge >= 0.3 is 0 Å². The van der Waals surface area contributed by atoms with Crippen LogP contribution in [0.25, 0.3) is 0 Å². The molecule has 3 atom stereocenters. The van der Waals surface area contributed by atoms with E-state index >= 15 is 0 Å². The quantitative estimate of drug-likeness (QED) is 0.247. The fourth-order valence-electron chi connectivity index (χ4n) is 4.62. The van der Waals surface area contributed by atoms with Crippen LogP contribution in [0.4, 0.5) is 0 Å². The van der Waals surface area contributed by atoms with Crippen LogP contribution >= 0.6 is 24.0 Å². The van der Waals surface area contributed by atoms with E-state index in [0.29, 0.717) is 24.0 Å². The Balaban J connectivity index is 0.00000312. The summed E-state index contributed by atoms with van der Waals surface area (Å²) < 4.78 is 11.1. The molecule has 1 saturated carbocycles. The summed E-state index contributed by atoms with van der Waals surface area (Å²) in [5, 5.41) is 3.48. The number of nitrogens with two attached hydrogens (primary N) is 1. The number of nitrogens with zero attached hydrogens (tertiary/aromatic N) is 2. The van der Waals surface area contributed by atoms with Crippen molar-refractivity contribution in [1.82, 2.24) is 10.2 Å². The molecule has 3 unspecified atom stereocenters. The van der Waals surface area contributed by atoms with E-state index in [1.54, 1.807) is 0 Å². The first-order valence-electron chi connectivity index (χ1n) is 9.48. The lowest BCUT2D eigenvalue weighted by atomic mass is 9.53. The van der Waals surface area contributed by atoms with Gasteiger partial charge in [0.05, 0.1) is 19.3 Å². The Morgan fingerprint density at radius 2 is 1.96 bits per heavy atom. The van der Waals surface area contributed by atoms with Crippen molar-refractivity contribution in [3.8, 4) is 0 Å². The molecule has 2 aliphatic rings. The van der Waals surface area contributed by atoms with Gasteiger partial charge in [0.15, 0.2) is 5.96 Å². The van der Waals surface area contributed by atoms with Gasteiger partial charge in [0.2, 0.25) is 0 Å². The lowest BCUT2D eigenvalue weighted by Crippen LogP contribution is -2.70. The Morgan fingerprint density at radius 3 is 2.52 bits per heavy atom. The van der Waals surface area contributed by atoms with Crippen molar-refractivity contribution in [3.63, 3.8) is 0 Å². The Kier molecular flexibility index (Phi) is 9.98. The third-order valence-electron chi connectivity index (χ3n) is 6.08. The number of aliphatic imine (C=N–C) groups is 1. The van der Waals surface area contributed by atoms with Gasteiger partial charge in [0.25, 0.3) is 0 Å². The smallest absolute Gasteiger partial charge is 0.188 e. The number of morpholine rings is 1. The van der Waals surface area contributed by atoms with Crippen molar-refractivity contribution in [3.05, 3.63) is 0 Å². The van der Waals surface area contributed by atoms with Crippen LogP contribution in [0, 0.1) is 11.3 Å². The minimum absolute atomic E-state index is 0. The number of rotatable bonds is 8. The predicted octanol–water partition coefficient (Wildman–Crippen LogP) is 2.07. The molecular weight excluding hydrogens is 431 g/mol. The van der Waals surface area contributed by atoms with E-state index in [-0.39, 0.29) is 29.4 Å². The highest BCUT2D eigenvalue weighted by Crippen LogP contribution is 2.52. The van der Waals surface area contributed by atoms with Crippen LogP contribution in [0.15, 0.2) is 4.99 Å². The molecule has 1 aliphatic carbocycles. The zero-order valence-electron chi connectivity index (χ0n) is 16.3. The maximum Gasteiger partial charge on any atom is 0.188 e. The zero-order chi connectivity index (χ0) is 17.6. The maximum absolute atomic E-state index is 6.15. The summed E-state index contributed by atoms with van der Waals surface area (Å²) in [5.74, 6) is 1.03. The van der Waals surface area contributed by atoms with Gasteiger partial charge in [-0.25, -0.2) is 0 Å². The molecule has 2 fully saturated rings. The van der Waals surface area contributed by atoms with E-state index < -0.39 is 0 Å². The molecule has 6 nitrogen and oxygen atoms in total. The van der Waals surface area contributed by atoms with E-state index in [4.69, 9.17) is 15.2 Å². The third kappa shape index (κ3) is 5.20. The van der Waals surface area contributed by atoms with E-state index in [9.17, 15) is 0 Å². The van der Waals surface area contributed by atoms with Crippen molar-refractivity contribution >= 4 is 29.9 Å². The molecule has 0 aromatic carbocycles. The number of hydrogen-bond donors (Lipinski definition) is 2. The van der Waals surface area contributed by atoms with Crippen molar-refractivity contribution in [2.24, 2.45) is 22.1 Å². The summed E-state index contributed by atoms with van der Waals surface area (Å²) in [6.07, 6.45) is 3.53. The van der Waals surface area contributed by atoms with Crippen LogP contribution in [0.3, 0.4) is 0 Å². The zero-order valence-corrected chi connectivity index (χ0v) is 18.6. The number of methoxy groups -OCH3 is 1. The minimum atomic E-state index is 0. The highest BCUT2D eigenvalue weighted by molar-refractivity contribution is 14.0. The third-order valence-corrected chi connectivity index (χ3v) is 6.08. The van der Waals surface area contributed by atoms with Gasteiger partial charge in [0.1, 0.15) is 0 Å². The normalized spacial score (nSPS) is 29.6. The molecule has 1 heterocycles. The van der Waals surface area contributed by atoms with Crippen LogP contribution in [-0.4, -0.2) is 69.5 Å². The number of ether oxygens (including phenoxy) is 2. The van der Waals surface area contributed by atoms with Gasteiger partial charge in [-0.05, 0) is 19.3 Å². The summed E-state index contributed by atoms with van der Waals surface area (Å²) in [6.45, 7) is 12.3. The summed E-state index contributed by atoms with van der Waals surface area (Å²) in [4.78, 5) is 6.96. The average molecular weight is 468 g/mol. The molecule has 0 bridgehead atoms. The van der Waals surface area contributed by atoms with Gasteiger partial charge in [-0.1, -0.05) is 20.8 Å². The second-order valence-corrected chi connectivity index (χ2v) is 7.15. The van der Waals surface area contributed by atoms with Gasteiger partial charge in [-0.2, -0.15) is 0 Å². The molecule has 0 spiro atoms. The minimum Gasteiger partial charge on any atom is -0.380 e. The molecule has 0 amide bonds. The lowest BCUT2D eigenvalue weighted by molar-refractivity contribution is -0.163. The number of nitrogens with one attached hydrogen (secondary N) is 1. The van der Waals surface area contributed by atoms with Crippen molar-refractivity contribution in [2.45, 2.75) is 52.2 Å². The van der Waals surface area contributed by atoms with Gasteiger partial charge in [-0.3, -0.25) is 9.89 Å². The van der Waals surface area contributed by atoms with Crippen LogP contribution in [0.1, 0.15) is 40.0 Å². The summed E-state index contributed by atoms with van der Waals surface area (Å²) in [5.41, 5.74) is 6.32. The molecule has 3 N–H and O–H groups in total. The predicted molar refractivity (Wildman–Crippen MR) is 114 cm³/mol. The molecule has 2 rings (SSSR count). The molecule has 0 aromatic rings. The first-order chi connectivity index (χ1) is 11.6. The Labute approximate surface area is 170 Å². The van der Waals surface area contributed by atoms with Crippen molar-refractivity contribution < 1.29 is 9.47 Å². The molecule has 7 heteroatoms. The van der Waals surface area contributed by atoms with E-state index in [1.807, 2.05) is 7.11 Å². The fourth-order valence-corrected chi connectivity index (χ4v) is 4.62. The summed E-state index contributed by atoms with van der Waals surface area (Å²) in [7, 11) is 1.82. The molecule has 1 saturated heterocycles. The Hall–Kier alpha value is -0.120. The largest absolute Gasteiger partial charge is 0.380 e. The van der Waals surface area contributed by atoms with E-state index in [1.165, 1.54) is 0 Å². The SMILES string of the molecule is CCC1(CC)C(NC(N)=NCCCN2CCOCC2)C(C)C1OC.I. The Bertz CT molecular complexity index is 412. The first-order valence-corrected chi connectivity index (χ1v) is 9.48. The Morgan fingerprint density at radius 1 is 1.32 bits per heavy atom. The highest BCUT2D eigenvalue weighted by Gasteiger charge is 2.58. The summed E-state index contributed by atoms with van der Waals surface area (Å²) >= 11 is 0. The molecule has 0 radical (unpaired) electrons. The highest BCUT2D eigenvalue weighted by atomic mass is 127. The van der Waals surface area contributed by atoms with E-state index in [2.05, 4.69) is 36.0 Å². The molecule has 0 aromatic heterocycles. The number of guanidine groups is 1. The average Bonchev–Trinajstić information content (AvgIpc) is 2.61. The van der Waals surface area contributed by atoms with Gasteiger partial charge in [0, 0.05) is 50.7 Å². The standard InChI is InChI=1S/C18H36N4O2.HI/c1-5-18(6-2)15(14(3)16(18)23-4)21-17(19)20-8-7-9-22-10-12-24-13-11-22;/h14-16H,5-13H2,1-4H3,(H3,19,20,21);1H.